The van der Waals surface area contributed by atoms with Crippen molar-refractivity contribution in [3.8, 4) is 17.1 Å². The number of anilines is 1. The second-order valence-corrected chi connectivity index (χ2v) is 8.61. The second-order valence-electron chi connectivity index (χ2n) is 7.82. The summed E-state index contributed by atoms with van der Waals surface area (Å²) in [6, 6.07) is 11.4. The molecule has 3 heterocycles. The minimum Gasteiger partial charge on any atom is -0.495 e. The number of benzene rings is 1. The van der Waals surface area contributed by atoms with E-state index in [4.69, 9.17) is 27.9 Å². The van der Waals surface area contributed by atoms with Gasteiger partial charge in [0.05, 0.1) is 28.5 Å². The van der Waals surface area contributed by atoms with Crippen LogP contribution in [0.3, 0.4) is 0 Å². The van der Waals surface area contributed by atoms with Crippen molar-refractivity contribution >= 4 is 34.8 Å². The third-order valence-electron chi connectivity index (χ3n) is 5.77. The zero-order chi connectivity index (χ0) is 22.8. The predicted molar refractivity (Wildman–Crippen MR) is 127 cm³/mol. The zero-order valence-electron chi connectivity index (χ0n) is 18.3. The highest BCUT2D eigenvalue weighted by Gasteiger charge is 2.29. The molecule has 1 aliphatic rings. The minimum atomic E-state index is 0.0145. The van der Waals surface area contributed by atoms with Crippen LogP contribution in [-0.4, -0.2) is 58.4 Å². The van der Waals surface area contributed by atoms with Gasteiger partial charge in [-0.2, -0.15) is 5.10 Å². The molecule has 1 fully saturated rings. The van der Waals surface area contributed by atoms with E-state index in [-0.39, 0.29) is 18.5 Å². The lowest BCUT2D eigenvalue weighted by Crippen LogP contribution is -2.54. The number of aromatic nitrogens is 3. The van der Waals surface area contributed by atoms with Gasteiger partial charge in [0.25, 0.3) is 0 Å². The van der Waals surface area contributed by atoms with E-state index in [0.717, 1.165) is 17.9 Å². The van der Waals surface area contributed by atoms with E-state index in [2.05, 4.69) is 21.9 Å². The SMILES string of the molecule is COc1cc(N2CCN(C(=O)Cn3nc(-c4ccccn4)c(Cl)c3C)C(C)C2)ccc1Cl. The van der Waals surface area contributed by atoms with E-state index in [0.29, 0.717) is 40.3 Å². The van der Waals surface area contributed by atoms with Gasteiger partial charge in [-0.25, -0.2) is 0 Å². The van der Waals surface area contributed by atoms with Crippen molar-refractivity contribution in [2.75, 3.05) is 31.6 Å². The first-order chi connectivity index (χ1) is 15.4. The predicted octanol–water partition coefficient (Wildman–Crippen LogP) is 4.31. The number of halogens is 2. The van der Waals surface area contributed by atoms with Gasteiger partial charge in [-0.1, -0.05) is 29.3 Å². The number of carbonyl (C=O) groups excluding carboxylic acids is 1. The molecule has 9 heteroatoms. The van der Waals surface area contributed by atoms with E-state index in [1.807, 2.05) is 48.2 Å². The number of rotatable bonds is 5. The monoisotopic (exact) mass is 473 g/mol. The topological polar surface area (TPSA) is 63.5 Å². The number of nitrogens with zero attached hydrogens (tertiary/aromatic N) is 5. The van der Waals surface area contributed by atoms with Crippen molar-refractivity contribution in [3.05, 3.63) is 58.3 Å². The van der Waals surface area contributed by atoms with E-state index in [1.165, 1.54) is 0 Å². The Morgan fingerprint density at radius 2 is 2.03 bits per heavy atom. The molecular weight excluding hydrogens is 449 g/mol. The van der Waals surface area contributed by atoms with Gasteiger partial charge >= 0.3 is 0 Å². The summed E-state index contributed by atoms with van der Waals surface area (Å²) in [7, 11) is 1.60. The van der Waals surface area contributed by atoms with Crippen LogP contribution in [0.25, 0.3) is 11.4 Å². The Hall–Kier alpha value is -2.77. The van der Waals surface area contributed by atoms with Gasteiger partial charge in [-0.3, -0.25) is 14.5 Å². The lowest BCUT2D eigenvalue weighted by atomic mass is 10.1. The van der Waals surface area contributed by atoms with Gasteiger partial charge in [0.15, 0.2) is 0 Å². The number of hydrogen-bond donors (Lipinski definition) is 0. The summed E-state index contributed by atoms with van der Waals surface area (Å²) in [5, 5.41) is 5.67. The molecule has 168 valence electrons. The van der Waals surface area contributed by atoms with Crippen molar-refractivity contribution in [1.82, 2.24) is 19.7 Å². The lowest BCUT2D eigenvalue weighted by molar-refractivity contribution is -0.134. The van der Waals surface area contributed by atoms with E-state index >= 15 is 0 Å². The Morgan fingerprint density at radius 3 is 2.72 bits per heavy atom. The summed E-state index contributed by atoms with van der Waals surface area (Å²) in [5.41, 5.74) is 3.06. The molecule has 0 bridgehead atoms. The standard InChI is InChI=1S/C23H25Cl2N5O2/c1-15-13-28(17-7-8-18(24)20(12-17)32-3)10-11-29(15)21(31)14-30-16(2)22(25)23(27-30)19-6-4-5-9-26-19/h4-9,12,15H,10-11,13-14H2,1-3H3. The van der Waals surface area contributed by atoms with Crippen molar-refractivity contribution in [3.63, 3.8) is 0 Å². The average molecular weight is 474 g/mol. The summed E-state index contributed by atoms with van der Waals surface area (Å²) in [4.78, 5) is 21.6. The maximum absolute atomic E-state index is 13.1. The zero-order valence-corrected chi connectivity index (χ0v) is 19.8. The van der Waals surface area contributed by atoms with Crippen molar-refractivity contribution in [1.29, 1.82) is 0 Å². The van der Waals surface area contributed by atoms with Crippen LogP contribution in [0.2, 0.25) is 10.0 Å². The molecule has 4 rings (SSSR count). The largest absolute Gasteiger partial charge is 0.495 e. The molecular formula is C23H25Cl2N5O2. The molecule has 0 spiro atoms. The lowest BCUT2D eigenvalue weighted by Gasteiger charge is -2.41. The summed E-state index contributed by atoms with van der Waals surface area (Å²) in [5.74, 6) is 0.658. The van der Waals surface area contributed by atoms with Crippen LogP contribution in [0, 0.1) is 6.92 Å². The molecule has 1 saturated heterocycles. The number of pyridine rings is 1. The van der Waals surface area contributed by atoms with Gasteiger partial charge in [0.2, 0.25) is 5.91 Å². The second kappa shape index (κ2) is 9.38. The number of ether oxygens (including phenoxy) is 1. The Bertz CT molecular complexity index is 1120. The Morgan fingerprint density at radius 1 is 1.22 bits per heavy atom. The summed E-state index contributed by atoms with van der Waals surface area (Å²) in [6.07, 6.45) is 1.70. The molecule has 32 heavy (non-hydrogen) atoms. The third kappa shape index (κ3) is 4.40. The average Bonchev–Trinajstić information content (AvgIpc) is 3.08. The van der Waals surface area contributed by atoms with Crippen molar-refractivity contribution < 1.29 is 9.53 Å². The molecule has 1 aromatic carbocycles. The molecule has 1 aliphatic heterocycles. The maximum Gasteiger partial charge on any atom is 0.244 e. The first-order valence-corrected chi connectivity index (χ1v) is 11.2. The van der Waals surface area contributed by atoms with Gasteiger partial charge < -0.3 is 14.5 Å². The van der Waals surface area contributed by atoms with Crippen LogP contribution in [0.4, 0.5) is 5.69 Å². The van der Waals surface area contributed by atoms with Gasteiger partial charge in [-0.05, 0) is 38.1 Å². The number of carbonyl (C=O) groups is 1. The molecule has 0 aliphatic carbocycles. The quantitative estimate of drug-likeness (QED) is 0.552. The van der Waals surface area contributed by atoms with Gasteiger partial charge in [0, 0.05) is 43.6 Å². The third-order valence-corrected chi connectivity index (χ3v) is 6.54. The molecule has 0 saturated carbocycles. The first kappa shape index (κ1) is 22.4. The van der Waals surface area contributed by atoms with E-state index in [1.54, 1.807) is 18.0 Å². The Labute approximate surface area is 197 Å². The molecule has 1 unspecified atom stereocenters. The summed E-state index contributed by atoms with van der Waals surface area (Å²) >= 11 is 12.6. The van der Waals surface area contributed by atoms with Crippen LogP contribution >= 0.6 is 23.2 Å². The highest BCUT2D eigenvalue weighted by atomic mass is 35.5. The highest BCUT2D eigenvalue weighted by Crippen LogP contribution is 2.31. The number of piperazine rings is 1. The first-order valence-electron chi connectivity index (χ1n) is 10.4. The highest BCUT2D eigenvalue weighted by molar-refractivity contribution is 6.33. The van der Waals surface area contributed by atoms with Crippen molar-refractivity contribution in [2.24, 2.45) is 0 Å². The van der Waals surface area contributed by atoms with Gasteiger partial charge in [-0.15, -0.1) is 0 Å². The van der Waals surface area contributed by atoms with Crippen LogP contribution in [0.5, 0.6) is 5.75 Å². The normalized spacial score (nSPS) is 16.3. The fraction of sp³-hybridized carbons (Fsp3) is 0.348. The number of hydrogen-bond acceptors (Lipinski definition) is 5. The van der Waals surface area contributed by atoms with Crippen LogP contribution < -0.4 is 9.64 Å². The molecule has 0 radical (unpaired) electrons. The van der Waals surface area contributed by atoms with Crippen LogP contribution in [-0.2, 0) is 11.3 Å². The van der Waals surface area contributed by atoms with Gasteiger partial charge in [0.1, 0.15) is 18.0 Å². The molecule has 0 N–H and O–H groups in total. The maximum atomic E-state index is 13.1. The van der Waals surface area contributed by atoms with E-state index in [9.17, 15) is 4.79 Å². The van der Waals surface area contributed by atoms with E-state index < -0.39 is 0 Å². The molecule has 1 atom stereocenters. The smallest absolute Gasteiger partial charge is 0.244 e. The Balaban J connectivity index is 1.45. The summed E-state index contributed by atoms with van der Waals surface area (Å²) in [6.45, 7) is 6.11. The fourth-order valence-electron chi connectivity index (χ4n) is 3.97. The van der Waals surface area contributed by atoms with Crippen molar-refractivity contribution in [2.45, 2.75) is 26.4 Å². The minimum absolute atomic E-state index is 0.0145. The van der Waals surface area contributed by atoms with Crippen LogP contribution in [0.1, 0.15) is 12.6 Å². The molecule has 7 nitrogen and oxygen atoms in total. The number of amides is 1. The van der Waals surface area contributed by atoms with Crippen LogP contribution in [0.15, 0.2) is 42.6 Å². The Kier molecular flexibility index (Phi) is 6.58. The fourth-order valence-corrected chi connectivity index (χ4v) is 4.40. The molecule has 1 amide bonds. The molecule has 3 aromatic rings. The molecule has 2 aromatic heterocycles. The summed E-state index contributed by atoms with van der Waals surface area (Å²) < 4.78 is 7.00. The number of methoxy groups -OCH3 is 1.